The maximum atomic E-state index is 12.6. The Kier molecular flexibility index (Phi) is 5.50. The van der Waals surface area contributed by atoms with E-state index in [0.717, 1.165) is 54.8 Å². The van der Waals surface area contributed by atoms with Gasteiger partial charge in [-0.1, -0.05) is 12.1 Å². The zero-order valence-electron chi connectivity index (χ0n) is 15.0. The van der Waals surface area contributed by atoms with Crippen LogP contribution in [0.25, 0.3) is 10.7 Å². The van der Waals surface area contributed by atoms with Gasteiger partial charge in [0.2, 0.25) is 5.91 Å². The van der Waals surface area contributed by atoms with E-state index in [1.54, 1.807) is 6.20 Å². The lowest BCUT2D eigenvalue weighted by atomic mass is 10.2. The van der Waals surface area contributed by atoms with Crippen molar-refractivity contribution in [1.82, 2.24) is 24.8 Å². The molecule has 3 aromatic heterocycles. The number of carbonyl (C=O) groups excluding carboxylic acids is 1. The average molecular weight is 379 g/mol. The number of nitrogens with zero attached hydrogens (tertiary/aromatic N) is 5. The first-order chi connectivity index (χ1) is 13.3. The minimum absolute atomic E-state index is 0.144. The number of thiazole rings is 1. The molecule has 1 fully saturated rings. The molecule has 7 heteroatoms. The van der Waals surface area contributed by atoms with Crippen molar-refractivity contribution in [1.29, 1.82) is 0 Å². The molecule has 1 amide bonds. The number of hydrogen-bond donors (Lipinski definition) is 0. The molecule has 0 aromatic carbocycles. The van der Waals surface area contributed by atoms with Gasteiger partial charge in [0, 0.05) is 50.5 Å². The Morgan fingerprint density at radius 1 is 0.963 bits per heavy atom. The summed E-state index contributed by atoms with van der Waals surface area (Å²) in [5.74, 6) is 0.144. The molecule has 0 spiro atoms. The molecule has 1 saturated heterocycles. The topological polar surface area (TPSA) is 62.2 Å². The van der Waals surface area contributed by atoms with E-state index in [1.165, 1.54) is 11.3 Å². The van der Waals surface area contributed by atoms with Crippen molar-refractivity contribution in [2.45, 2.75) is 13.0 Å². The van der Waals surface area contributed by atoms with Crippen LogP contribution in [-0.2, 0) is 17.8 Å². The Labute approximate surface area is 162 Å². The summed E-state index contributed by atoms with van der Waals surface area (Å²) in [7, 11) is 0. The van der Waals surface area contributed by atoms with Gasteiger partial charge < -0.3 is 4.90 Å². The minimum Gasteiger partial charge on any atom is -0.340 e. The van der Waals surface area contributed by atoms with Crippen LogP contribution in [0.15, 0.2) is 54.2 Å². The Balaban J connectivity index is 1.29. The molecule has 6 nitrogen and oxygen atoms in total. The van der Waals surface area contributed by atoms with Gasteiger partial charge in [-0.05, 0) is 24.3 Å². The maximum absolute atomic E-state index is 12.6. The van der Waals surface area contributed by atoms with Crippen LogP contribution in [0.2, 0.25) is 0 Å². The third kappa shape index (κ3) is 4.56. The second-order valence-electron chi connectivity index (χ2n) is 6.51. The maximum Gasteiger partial charge on any atom is 0.228 e. The van der Waals surface area contributed by atoms with Crippen molar-refractivity contribution < 1.29 is 4.79 Å². The second kappa shape index (κ2) is 8.37. The van der Waals surface area contributed by atoms with Crippen LogP contribution in [0, 0.1) is 0 Å². The quantitative estimate of drug-likeness (QED) is 0.682. The van der Waals surface area contributed by atoms with E-state index in [9.17, 15) is 4.79 Å². The first-order valence-electron chi connectivity index (χ1n) is 9.04. The lowest BCUT2D eigenvalue weighted by molar-refractivity contribution is -0.132. The molecule has 0 unspecified atom stereocenters. The zero-order valence-corrected chi connectivity index (χ0v) is 15.8. The normalized spacial score (nSPS) is 15.0. The number of hydrogen-bond acceptors (Lipinski definition) is 6. The molecule has 0 bridgehead atoms. The zero-order chi connectivity index (χ0) is 18.5. The van der Waals surface area contributed by atoms with Gasteiger partial charge in [-0.3, -0.25) is 19.7 Å². The molecule has 0 saturated carbocycles. The first kappa shape index (κ1) is 17.8. The fraction of sp³-hybridized carbons (Fsp3) is 0.300. The lowest BCUT2D eigenvalue weighted by Gasteiger charge is -2.34. The van der Waals surface area contributed by atoms with Crippen molar-refractivity contribution in [3.05, 3.63) is 65.6 Å². The number of aromatic nitrogens is 3. The highest BCUT2D eigenvalue weighted by Crippen LogP contribution is 2.22. The summed E-state index contributed by atoms with van der Waals surface area (Å²) in [5.41, 5.74) is 2.74. The Bertz CT molecular complexity index is 876. The Hall–Kier alpha value is -2.64. The van der Waals surface area contributed by atoms with Gasteiger partial charge in [0.05, 0.1) is 23.5 Å². The summed E-state index contributed by atoms with van der Waals surface area (Å²) < 4.78 is 0. The van der Waals surface area contributed by atoms with E-state index < -0.39 is 0 Å². The molecule has 1 aliphatic rings. The van der Waals surface area contributed by atoms with Gasteiger partial charge in [-0.25, -0.2) is 4.98 Å². The third-order valence-electron chi connectivity index (χ3n) is 4.60. The van der Waals surface area contributed by atoms with E-state index in [1.807, 2.05) is 52.9 Å². The average Bonchev–Trinajstić information content (AvgIpc) is 3.18. The van der Waals surface area contributed by atoms with Crippen LogP contribution in [0.5, 0.6) is 0 Å². The van der Waals surface area contributed by atoms with E-state index >= 15 is 0 Å². The van der Waals surface area contributed by atoms with Gasteiger partial charge in [-0.2, -0.15) is 0 Å². The van der Waals surface area contributed by atoms with Crippen LogP contribution in [0.1, 0.15) is 11.4 Å². The summed E-state index contributed by atoms with van der Waals surface area (Å²) in [6.45, 7) is 4.09. The Morgan fingerprint density at radius 2 is 1.74 bits per heavy atom. The van der Waals surface area contributed by atoms with Crippen molar-refractivity contribution in [2.75, 3.05) is 26.2 Å². The van der Waals surface area contributed by atoms with Gasteiger partial charge >= 0.3 is 0 Å². The second-order valence-corrected chi connectivity index (χ2v) is 7.37. The number of rotatable bonds is 5. The summed E-state index contributed by atoms with van der Waals surface area (Å²) in [6, 6.07) is 11.7. The van der Waals surface area contributed by atoms with Crippen LogP contribution < -0.4 is 0 Å². The SMILES string of the molecule is O=C(Cc1csc(-c2ccccn2)n1)N1CCN(Cc2ccccn2)CC1. The van der Waals surface area contributed by atoms with Crippen molar-refractivity contribution >= 4 is 17.2 Å². The molecule has 1 aliphatic heterocycles. The standard InChI is InChI=1S/C20H21N5OS/c26-19(13-17-15-27-20(23-17)18-6-2-4-8-22-18)25-11-9-24(10-12-25)14-16-5-1-3-7-21-16/h1-8,15H,9-14H2. The monoisotopic (exact) mass is 379 g/mol. The molecule has 0 N–H and O–H groups in total. The fourth-order valence-corrected chi connectivity index (χ4v) is 3.93. The number of pyridine rings is 2. The van der Waals surface area contributed by atoms with E-state index in [4.69, 9.17) is 0 Å². The van der Waals surface area contributed by atoms with Crippen LogP contribution in [-0.4, -0.2) is 56.8 Å². The van der Waals surface area contributed by atoms with Gasteiger partial charge in [0.1, 0.15) is 5.01 Å². The molecule has 4 rings (SSSR count). The summed E-state index contributed by atoms with van der Waals surface area (Å²) in [6.07, 6.45) is 3.93. The smallest absolute Gasteiger partial charge is 0.228 e. The molecule has 4 heterocycles. The van der Waals surface area contributed by atoms with Crippen molar-refractivity contribution in [3.8, 4) is 10.7 Å². The van der Waals surface area contributed by atoms with Crippen molar-refractivity contribution in [2.24, 2.45) is 0 Å². The number of carbonyl (C=O) groups is 1. The molecule has 0 radical (unpaired) electrons. The van der Waals surface area contributed by atoms with Crippen LogP contribution in [0.3, 0.4) is 0 Å². The highest BCUT2D eigenvalue weighted by molar-refractivity contribution is 7.13. The largest absolute Gasteiger partial charge is 0.340 e. The molecule has 0 atom stereocenters. The third-order valence-corrected chi connectivity index (χ3v) is 5.52. The van der Waals surface area contributed by atoms with Gasteiger partial charge in [-0.15, -0.1) is 11.3 Å². The first-order valence-corrected chi connectivity index (χ1v) is 9.92. The molecule has 0 aliphatic carbocycles. The van der Waals surface area contributed by atoms with Crippen LogP contribution >= 0.6 is 11.3 Å². The summed E-state index contributed by atoms with van der Waals surface area (Å²) in [4.78, 5) is 30.2. The molecular weight excluding hydrogens is 358 g/mol. The lowest BCUT2D eigenvalue weighted by Crippen LogP contribution is -2.48. The van der Waals surface area contributed by atoms with Gasteiger partial charge in [0.15, 0.2) is 0 Å². The van der Waals surface area contributed by atoms with Crippen LogP contribution in [0.4, 0.5) is 0 Å². The van der Waals surface area contributed by atoms with E-state index in [2.05, 4.69) is 19.9 Å². The number of amides is 1. The van der Waals surface area contributed by atoms with Gasteiger partial charge in [0.25, 0.3) is 0 Å². The Morgan fingerprint density at radius 3 is 2.44 bits per heavy atom. The molecule has 27 heavy (non-hydrogen) atoms. The molecule has 138 valence electrons. The number of piperazine rings is 1. The van der Waals surface area contributed by atoms with Crippen molar-refractivity contribution in [3.63, 3.8) is 0 Å². The molecular formula is C20H21N5OS. The predicted octanol–water partition coefficient (Wildman–Crippen LogP) is 2.49. The predicted molar refractivity (Wildman–Crippen MR) is 105 cm³/mol. The fourth-order valence-electron chi connectivity index (χ4n) is 3.14. The minimum atomic E-state index is 0.144. The highest BCUT2D eigenvalue weighted by atomic mass is 32.1. The highest BCUT2D eigenvalue weighted by Gasteiger charge is 2.22. The van der Waals surface area contributed by atoms with E-state index in [-0.39, 0.29) is 5.91 Å². The summed E-state index contributed by atoms with van der Waals surface area (Å²) in [5, 5.41) is 2.82. The molecule has 3 aromatic rings. The summed E-state index contributed by atoms with van der Waals surface area (Å²) >= 11 is 1.53. The van der Waals surface area contributed by atoms with E-state index in [0.29, 0.717) is 6.42 Å².